The maximum Gasteiger partial charge on any atom is 0.246 e. The molecule has 0 spiro atoms. The van der Waals surface area contributed by atoms with Gasteiger partial charge in [0.2, 0.25) is 11.8 Å². The molecule has 1 N–H and O–H groups in total. The van der Waals surface area contributed by atoms with Crippen molar-refractivity contribution in [2.45, 2.75) is 34.2 Å². The molecule has 0 aliphatic rings. The third-order valence-corrected chi connectivity index (χ3v) is 4.53. The van der Waals surface area contributed by atoms with Gasteiger partial charge in [-0.15, -0.1) is 0 Å². The van der Waals surface area contributed by atoms with E-state index in [1.165, 1.54) is 11.0 Å². The lowest BCUT2D eigenvalue weighted by atomic mass is 10.2. The topological polar surface area (TPSA) is 67.2 Å². The van der Waals surface area contributed by atoms with Gasteiger partial charge in [-0.05, 0) is 38.0 Å². The molecule has 0 aliphatic heterocycles. The van der Waals surface area contributed by atoms with E-state index in [4.69, 9.17) is 11.6 Å². The maximum atomic E-state index is 12.3. The number of aryl methyl sites for hydroxylation is 2. The van der Waals surface area contributed by atoms with Gasteiger partial charge in [-0.2, -0.15) is 5.10 Å². The van der Waals surface area contributed by atoms with Crippen molar-refractivity contribution in [3.05, 3.63) is 52.3 Å². The van der Waals surface area contributed by atoms with E-state index in [9.17, 15) is 9.59 Å². The average molecular weight is 403 g/mol. The van der Waals surface area contributed by atoms with Crippen LogP contribution in [0, 0.1) is 19.8 Å². The molecule has 7 heteroatoms. The minimum atomic E-state index is -0.286. The van der Waals surface area contributed by atoms with Crippen LogP contribution < -0.4 is 5.32 Å². The van der Waals surface area contributed by atoms with E-state index in [-0.39, 0.29) is 18.4 Å². The van der Waals surface area contributed by atoms with Gasteiger partial charge in [0.05, 0.1) is 12.2 Å². The molecule has 0 saturated heterocycles. The van der Waals surface area contributed by atoms with Crippen LogP contribution in [0.2, 0.25) is 5.15 Å². The fraction of sp³-hybridized carbons (Fsp3) is 0.381. The summed E-state index contributed by atoms with van der Waals surface area (Å²) in [6.45, 7) is 8.67. The number of benzene rings is 1. The Balaban J connectivity index is 1.97. The summed E-state index contributed by atoms with van der Waals surface area (Å²) in [6, 6.07) is 7.49. The molecule has 2 aromatic rings. The number of carbonyl (C=O) groups is 2. The molecule has 2 rings (SSSR count). The van der Waals surface area contributed by atoms with Crippen LogP contribution in [-0.2, 0) is 16.1 Å². The molecule has 150 valence electrons. The van der Waals surface area contributed by atoms with Crippen molar-refractivity contribution in [2.24, 2.45) is 5.92 Å². The molecule has 0 atom stereocenters. The quantitative estimate of drug-likeness (QED) is 0.713. The van der Waals surface area contributed by atoms with Crippen molar-refractivity contribution in [3.8, 4) is 0 Å². The molecule has 1 aromatic carbocycles. The third kappa shape index (κ3) is 5.96. The number of anilines is 1. The molecule has 2 amide bonds. The van der Waals surface area contributed by atoms with Crippen LogP contribution in [0.1, 0.15) is 30.7 Å². The Labute approximate surface area is 171 Å². The third-order valence-electron chi connectivity index (χ3n) is 4.13. The molecule has 0 bridgehead atoms. The zero-order valence-electron chi connectivity index (χ0n) is 17.0. The number of halogens is 1. The zero-order chi connectivity index (χ0) is 20.8. The first-order chi connectivity index (χ1) is 13.2. The summed E-state index contributed by atoms with van der Waals surface area (Å²) in [5.41, 5.74) is 3.29. The van der Waals surface area contributed by atoms with E-state index >= 15 is 0 Å². The van der Waals surface area contributed by atoms with Gasteiger partial charge in [-0.1, -0.05) is 43.1 Å². The van der Waals surface area contributed by atoms with Crippen molar-refractivity contribution in [3.63, 3.8) is 0 Å². The lowest BCUT2D eigenvalue weighted by Crippen LogP contribution is -2.33. The summed E-state index contributed by atoms with van der Waals surface area (Å²) in [4.78, 5) is 25.8. The summed E-state index contributed by atoms with van der Waals surface area (Å²) in [6.07, 6.45) is 3.06. The SMILES string of the molecule is Cc1ccc(NC(=O)CN(C)C(=O)/C=C/c2c(C)nn(CC(C)C)c2Cl)cc1. The summed E-state index contributed by atoms with van der Waals surface area (Å²) >= 11 is 6.38. The predicted octanol–water partition coefficient (Wildman–Crippen LogP) is 3.92. The summed E-state index contributed by atoms with van der Waals surface area (Å²) < 4.78 is 1.74. The Morgan fingerprint density at radius 2 is 1.89 bits per heavy atom. The minimum absolute atomic E-state index is 0.0453. The van der Waals surface area contributed by atoms with Gasteiger partial charge in [-0.3, -0.25) is 14.3 Å². The van der Waals surface area contributed by atoms with Crippen molar-refractivity contribution in [1.29, 1.82) is 0 Å². The number of nitrogens with one attached hydrogen (secondary N) is 1. The second-order valence-corrected chi connectivity index (χ2v) is 7.67. The fourth-order valence-corrected chi connectivity index (χ4v) is 2.94. The maximum absolute atomic E-state index is 12.3. The van der Waals surface area contributed by atoms with Gasteiger partial charge in [0.25, 0.3) is 0 Å². The van der Waals surface area contributed by atoms with Crippen LogP contribution in [0.3, 0.4) is 0 Å². The van der Waals surface area contributed by atoms with Crippen molar-refractivity contribution in [2.75, 3.05) is 18.9 Å². The second-order valence-electron chi connectivity index (χ2n) is 7.31. The number of likely N-dealkylation sites (N-methyl/N-ethyl adjacent to an activating group) is 1. The van der Waals surface area contributed by atoms with Crippen LogP contribution in [0.25, 0.3) is 6.08 Å². The standard InChI is InChI=1S/C21H27ClN4O2/c1-14(2)12-26-21(22)18(16(4)24-26)10-11-20(28)25(5)13-19(27)23-17-8-6-15(3)7-9-17/h6-11,14H,12-13H2,1-5H3,(H,23,27)/b11-10+. The first kappa shape index (κ1) is 21.7. The van der Waals surface area contributed by atoms with E-state index in [0.29, 0.717) is 28.9 Å². The molecular weight excluding hydrogens is 376 g/mol. The number of carbonyl (C=O) groups excluding carboxylic acids is 2. The van der Waals surface area contributed by atoms with Crippen molar-refractivity contribution >= 4 is 35.2 Å². The van der Waals surface area contributed by atoms with Crippen LogP contribution in [0.15, 0.2) is 30.3 Å². The fourth-order valence-electron chi connectivity index (χ4n) is 2.64. The number of amides is 2. The van der Waals surface area contributed by atoms with Crippen LogP contribution in [-0.4, -0.2) is 40.1 Å². The second kappa shape index (κ2) is 9.55. The lowest BCUT2D eigenvalue weighted by molar-refractivity contribution is -0.129. The number of aromatic nitrogens is 2. The average Bonchev–Trinajstić information content (AvgIpc) is 2.87. The largest absolute Gasteiger partial charge is 0.333 e. The molecule has 28 heavy (non-hydrogen) atoms. The number of hydrogen-bond donors (Lipinski definition) is 1. The Hall–Kier alpha value is -2.60. The van der Waals surface area contributed by atoms with E-state index in [1.54, 1.807) is 17.8 Å². The highest BCUT2D eigenvalue weighted by atomic mass is 35.5. The summed E-state index contributed by atoms with van der Waals surface area (Å²) in [5, 5.41) is 7.71. The van der Waals surface area contributed by atoms with E-state index in [2.05, 4.69) is 24.3 Å². The Bertz CT molecular complexity index is 869. The zero-order valence-corrected chi connectivity index (χ0v) is 17.7. The number of rotatable bonds is 7. The first-order valence-electron chi connectivity index (χ1n) is 9.20. The molecule has 6 nitrogen and oxygen atoms in total. The molecule has 0 unspecified atom stereocenters. The molecule has 0 fully saturated rings. The normalized spacial score (nSPS) is 11.2. The van der Waals surface area contributed by atoms with Gasteiger partial charge >= 0.3 is 0 Å². The van der Waals surface area contributed by atoms with Crippen molar-refractivity contribution in [1.82, 2.24) is 14.7 Å². The van der Waals surface area contributed by atoms with Gasteiger partial charge < -0.3 is 10.2 Å². The summed E-state index contributed by atoms with van der Waals surface area (Å²) in [5.74, 6) is -0.133. The highest BCUT2D eigenvalue weighted by Crippen LogP contribution is 2.22. The van der Waals surface area contributed by atoms with Crippen LogP contribution in [0.4, 0.5) is 5.69 Å². The number of hydrogen-bond acceptors (Lipinski definition) is 3. The number of nitrogens with zero attached hydrogens (tertiary/aromatic N) is 3. The highest BCUT2D eigenvalue weighted by Gasteiger charge is 2.14. The monoisotopic (exact) mass is 402 g/mol. The lowest BCUT2D eigenvalue weighted by Gasteiger charge is -2.15. The van der Waals surface area contributed by atoms with Gasteiger partial charge in [0, 0.05) is 30.9 Å². The Kier molecular flexibility index (Phi) is 7.40. The smallest absolute Gasteiger partial charge is 0.246 e. The van der Waals surface area contributed by atoms with Gasteiger partial charge in [0.1, 0.15) is 5.15 Å². The van der Waals surface area contributed by atoms with E-state index < -0.39 is 0 Å². The Morgan fingerprint density at radius 3 is 2.50 bits per heavy atom. The molecule has 0 aliphatic carbocycles. The molecule has 0 saturated carbocycles. The van der Waals surface area contributed by atoms with Crippen molar-refractivity contribution < 1.29 is 9.59 Å². The van der Waals surface area contributed by atoms with Crippen LogP contribution >= 0.6 is 11.6 Å². The predicted molar refractivity (Wildman–Crippen MR) is 113 cm³/mol. The van der Waals surface area contributed by atoms with Gasteiger partial charge in [-0.25, -0.2) is 0 Å². The van der Waals surface area contributed by atoms with Gasteiger partial charge in [0.15, 0.2) is 0 Å². The first-order valence-corrected chi connectivity index (χ1v) is 9.57. The molecule has 1 heterocycles. The van der Waals surface area contributed by atoms with Crippen LogP contribution in [0.5, 0.6) is 0 Å². The molecular formula is C21H27ClN4O2. The molecule has 1 aromatic heterocycles. The Morgan fingerprint density at radius 1 is 1.25 bits per heavy atom. The van der Waals surface area contributed by atoms with E-state index in [0.717, 1.165) is 11.3 Å². The molecule has 0 radical (unpaired) electrons. The van der Waals surface area contributed by atoms with E-state index in [1.807, 2.05) is 38.1 Å². The summed E-state index contributed by atoms with van der Waals surface area (Å²) in [7, 11) is 1.58. The highest BCUT2D eigenvalue weighted by molar-refractivity contribution is 6.31. The minimum Gasteiger partial charge on any atom is -0.333 e.